The molecule has 2 amide bonds. The van der Waals surface area contributed by atoms with Crippen molar-refractivity contribution < 1.29 is 14.3 Å². The second-order valence-electron chi connectivity index (χ2n) is 6.85. The topological polar surface area (TPSA) is 58.6 Å². The number of rotatable bonds is 8. The Morgan fingerprint density at radius 2 is 1.76 bits per heavy atom. The fourth-order valence-electron chi connectivity index (χ4n) is 2.59. The second-order valence-corrected chi connectivity index (χ2v) is 8.61. The van der Waals surface area contributed by atoms with Crippen LogP contribution < -0.4 is 10.1 Å². The fourth-order valence-corrected chi connectivity index (χ4v) is 3.44. The van der Waals surface area contributed by atoms with Crippen molar-refractivity contribution in [2.24, 2.45) is 0 Å². The van der Waals surface area contributed by atoms with E-state index in [9.17, 15) is 9.59 Å². The van der Waals surface area contributed by atoms with Crippen LogP contribution in [0.15, 0.2) is 46.9 Å². The summed E-state index contributed by atoms with van der Waals surface area (Å²) in [5, 5.41) is 3.83. The Bertz CT molecular complexity index is 860. The normalized spacial score (nSPS) is 11.8. The molecule has 2 aromatic rings. The molecular weight excluding hydrogens is 479 g/mol. The van der Waals surface area contributed by atoms with Crippen molar-refractivity contribution in [2.45, 2.75) is 39.4 Å². The Hall–Kier alpha value is -1.76. The largest absolute Gasteiger partial charge is 0.482 e. The molecule has 0 radical (unpaired) electrons. The van der Waals surface area contributed by atoms with Crippen molar-refractivity contribution in [3.63, 3.8) is 0 Å². The molecule has 1 atom stereocenters. The van der Waals surface area contributed by atoms with E-state index in [1.54, 1.807) is 37.3 Å². The van der Waals surface area contributed by atoms with Gasteiger partial charge in [-0.25, -0.2) is 0 Å². The SMILES string of the molecule is CC(C)NC(=O)C(C)N(Cc1ccc(Cl)cc1)C(=O)COc1ccc(Br)cc1Cl. The molecule has 0 aliphatic rings. The number of nitrogens with zero attached hydrogens (tertiary/aromatic N) is 1. The van der Waals surface area contributed by atoms with Gasteiger partial charge in [0.1, 0.15) is 11.8 Å². The Morgan fingerprint density at radius 1 is 1.10 bits per heavy atom. The lowest BCUT2D eigenvalue weighted by Gasteiger charge is -2.29. The number of halogens is 3. The van der Waals surface area contributed by atoms with Crippen LogP contribution >= 0.6 is 39.1 Å². The molecule has 5 nitrogen and oxygen atoms in total. The molecule has 0 bridgehead atoms. The molecule has 1 unspecified atom stereocenters. The lowest BCUT2D eigenvalue weighted by atomic mass is 10.1. The smallest absolute Gasteiger partial charge is 0.261 e. The summed E-state index contributed by atoms with van der Waals surface area (Å²) in [6.07, 6.45) is 0. The standard InChI is InChI=1S/C21H23BrCl2N2O3/c1-13(2)25-21(28)14(3)26(11-15-4-7-17(23)8-5-15)20(27)12-29-19-9-6-16(22)10-18(19)24/h4-10,13-14H,11-12H2,1-3H3,(H,25,28). The molecule has 1 N–H and O–H groups in total. The maximum Gasteiger partial charge on any atom is 0.261 e. The van der Waals surface area contributed by atoms with Gasteiger partial charge in [0.2, 0.25) is 5.91 Å². The first-order valence-corrected chi connectivity index (χ1v) is 10.6. The van der Waals surface area contributed by atoms with Gasteiger partial charge in [0.25, 0.3) is 5.91 Å². The van der Waals surface area contributed by atoms with Crippen molar-refractivity contribution in [3.8, 4) is 5.75 Å². The van der Waals surface area contributed by atoms with E-state index in [4.69, 9.17) is 27.9 Å². The van der Waals surface area contributed by atoms with Gasteiger partial charge in [0.05, 0.1) is 5.02 Å². The summed E-state index contributed by atoms with van der Waals surface area (Å²) in [4.78, 5) is 26.9. The van der Waals surface area contributed by atoms with Gasteiger partial charge in [0, 0.05) is 22.1 Å². The molecular formula is C21H23BrCl2N2O3. The van der Waals surface area contributed by atoms with Crippen molar-refractivity contribution >= 4 is 50.9 Å². The van der Waals surface area contributed by atoms with Crippen LogP contribution in [0.25, 0.3) is 0 Å². The van der Waals surface area contributed by atoms with Gasteiger partial charge in [-0.1, -0.05) is 51.3 Å². The fraction of sp³-hybridized carbons (Fsp3) is 0.333. The summed E-state index contributed by atoms with van der Waals surface area (Å²) in [7, 11) is 0. The molecule has 0 spiro atoms. The lowest BCUT2D eigenvalue weighted by Crippen LogP contribution is -2.50. The summed E-state index contributed by atoms with van der Waals surface area (Å²) >= 11 is 15.4. The third kappa shape index (κ3) is 7.21. The molecule has 0 heterocycles. The zero-order valence-electron chi connectivity index (χ0n) is 16.4. The maximum atomic E-state index is 12.9. The predicted molar refractivity (Wildman–Crippen MR) is 119 cm³/mol. The van der Waals surface area contributed by atoms with E-state index < -0.39 is 6.04 Å². The minimum absolute atomic E-state index is 0.0322. The zero-order valence-corrected chi connectivity index (χ0v) is 19.5. The van der Waals surface area contributed by atoms with E-state index in [-0.39, 0.29) is 31.0 Å². The Labute approximate surface area is 189 Å². The van der Waals surface area contributed by atoms with Crippen molar-refractivity contribution in [1.82, 2.24) is 10.2 Å². The van der Waals surface area contributed by atoms with Crippen LogP contribution in [-0.4, -0.2) is 35.4 Å². The lowest BCUT2D eigenvalue weighted by molar-refractivity contribution is -0.142. The van der Waals surface area contributed by atoms with Crippen molar-refractivity contribution in [2.75, 3.05) is 6.61 Å². The summed E-state index contributed by atoms with van der Waals surface area (Å²) in [6.45, 7) is 5.44. The first kappa shape index (κ1) is 23.5. The molecule has 156 valence electrons. The number of carbonyl (C=O) groups excluding carboxylic acids is 2. The third-order valence-electron chi connectivity index (χ3n) is 4.11. The highest BCUT2D eigenvalue weighted by atomic mass is 79.9. The first-order chi connectivity index (χ1) is 13.7. The summed E-state index contributed by atoms with van der Waals surface area (Å²) in [6, 6.07) is 11.6. The van der Waals surface area contributed by atoms with Crippen LogP contribution in [0.1, 0.15) is 26.3 Å². The van der Waals surface area contributed by atoms with Gasteiger partial charge in [-0.05, 0) is 56.7 Å². The molecule has 0 saturated carbocycles. The van der Waals surface area contributed by atoms with Gasteiger partial charge in [-0.2, -0.15) is 0 Å². The van der Waals surface area contributed by atoms with Gasteiger partial charge in [0.15, 0.2) is 6.61 Å². The summed E-state index contributed by atoms with van der Waals surface area (Å²) in [5.41, 5.74) is 0.855. The quantitative estimate of drug-likeness (QED) is 0.548. The molecule has 0 aromatic heterocycles. The van der Waals surface area contributed by atoms with E-state index in [2.05, 4.69) is 21.2 Å². The Balaban J connectivity index is 2.16. The van der Waals surface area contributed by atoms with Gasteiger partial charge in [-0.3, -0.25) is 9.59 Å². The van der Waals surface area contributed by atoms with E-state index in [1.807, 2.05) is 26.0 Å². The third-order valence-corrected chi connectivity index (χ3v) is 5.15. The maximum absolute atomic E-state index is 12.9. The van der Waals surface area contributed by atoms with Crippen LogP contribution in [0, 0.1) is 0 Å². The van der Waals surface area contributed by atoms with E-state index in [0.717, 1.165) is 10.0 Å². The number of amides is 2. The van der Waals surface area contributed by atoms with E-state index in [0.29, 0.717) is 15.8 Å². The van der Waals surface area contributed by atoms with Crippen LogP contribution in [-0.2, 0) is 16.1 Å². The first-order valence-electron chi connectivity index (χ1n) is 9.09. The van der Waals surface area contributed by atoms with Crippen LogP contribution in [0.4, 0.5) is 0 Å². The van der Waals surface area contributed by atoms with Crippen molar-refractivity contribution in [3.05, 3.63) is 62.5 Å². The van der Waals surface area contributed by atoms with Gasteiger partial charge < -0.3 is 15.0 Å². The number of hydrogen-bond donors (Lipinski definition) is 1. The number of ether oxygens (including phenoxy) is 1. The number of hydrogen-bond acceptors (Lipinski definition) is 3. The van der Waals surface area contributed by atoms with Crippen LogP contribution in [0.2, 0.25) is 10.0 Å². The number of nitrogens with one attached hydrogen (secondary N) is 1. The summed E-state index contributed by atoms with van der Waals surface area (Å²) < 4.78 is 6.42. The molecule has 2 rings (SSSR count). The van der Waals surface area contributed by atoms with E-state index in [1.165, 1.54) is 4.90 Å². The molecule has 0 aliphatic heterocycles. The minimum atomic E-state index is -0.676. The molecule has 8 heteroatoms. The van der Waals surface area contributed by atoms with Gasteiger partial charge >= 0.3 is 0 Å². The minimum Gasteiger partial charge on any atom is -0.482 e. The molecule has 0 saturated heterocycles. The number of carbonyl (C=O) groups is 2. The van der Waals surface area contributed by atoms with Crippen LogP contribution in [0.5, 0.6) is 5.75 Å². The average molecular weight is 502 g/mol. The monoisotopic (exact) mass is 500 g/mol. The van der Waals surface area contributed by atoms with E-state index >= 15 is 0 Å². The highest BCUT2D eigenvalue weighted by Gasteiger charge is 2.27. The molecule has 29 heavy (non-hydrogen) atoms. The molecule has 0 fully saturated rings. The zero-order chi connectivity index (χ0) is 21.6. The highest BCUT2D eigenvalue weighted by Crippen LogP contribution is 2.27. The average Bonchev–Trinajstić information content (AvgIpc) is 2.65. The predicted octanol–water partition coefficient (Wildman–Crippen LogP) is 5.08. The van der Waals surface area contributed by atoms with Crippen molar-refractivity contribution in [1.29, 1.82) is 0 Å². The Kier molecular flexibility index (Phi) is 8.80. The summed E-state index contributed by atoms with van der Waals surface area (Å²) in [5.74, 6) is -0.164. The molecule has 2 aromatic carbocycles. The number of benzene rings is 2. The second kappa shape index (κ2) is 10.9. The Morgan fingerprint density at radius 3 is 2.34 bits per heavy atom. The van der Waals surface area contributed by atoms with Crippen LogP contribution in [0.3, 0.4) is 0 Å². The molecule has 0 aliphatic carbocycles. The van der Waals surface area contributed by atoms with Gasteiger partial charge in [-0.15, -0.1) is 0 Å². The highest BCUT2D eigenvalue weighted by molar-refractivity contribution is 9.10.